The maximum Gasteiger partial charge on any atom is 0.408 e. The number of benzene rings is 1. The largest absolute Gasteiger partial charge is 0.479 e. The van der Waals surface area contributed by atoms with E-state index in [-0.39, 0.29) is 35.1 Å². The average molecular weight is 564 g/mol. The summed E-state index contributed by atoms with van der Waals surface area (Å²) in [6.45, 7) is -2.65. The highest BCUT2D eigenvalue weighted by Gasteiger charge is 2.47. The predicted molar refractivity (Wildman–Crippen MR) is 126 cm³/mol. The van der Waals surface area contributed by atoms with Crippen LogP contribution in [-0.4, -0.2) is 86.8 Å². The SMILES string of the molecule is [2H]C([2H])([2H])Oc1nc(N[C@@H]2CCN(S(C)(=O)=O)CC2(F)F)nn2ccc(-c3ccc4nnn(CC(F)(F)F)c4c3)c12. The number of rotatable bonds is 6. The Hall–Kier alpha value is -3.60. The molecule has 4 aromatic rings. The number of ether oxygens (including phenoxy) is 1. The van der Waals surface area contributed by atoms with Gasteiger partial charge in [0, 0.05) is 18.3 Å². The van der Waals surface area contributed by atoms with Crippen molar-refractivity contribution >= 4 is 32.5 Å². The summed E-state index contributed by atoms with van der Waals surface area (Å²) in [6, 6.07) is 4.21. The van der Waals surface area contributed by atoms with Crippen molar-refractivity contribution in [3.05, 3.63) is 30.5 Å². The molecule has 0 saturated carbocycles. The van der Waals surface area contributed by atoms with Gasteiger partial charge in [0.1, 0.15) is 17.6 Å². The Morgan fingerprint density at radius 2 is 2.08 bits per heavy atom. The molecule has 17 heteroatoms. The first-order valence-corrected chi connectivity index (χ1v) is 12.8. The van der Waals surface area contributed by atoms with Crippen LogP contribution in [0.1, 0.15) is 10.5 Å². The fourth-order valence-electron chi connectivity index (χ4n) is 4.30. The number of hydrogen-bond donors (Lipinski definition) is 1. The maximum atomic E-state index is 14.8. The quantitative estimate of drug-likeness (QED) is 0.356. The molecule has 0 aliphatic carbocycles. The van der Waals surface area contributed by atoms with Crippen LogP contribution in [0.15, 0.2) is 30.5 Å². The van der Waals surface area contributed by atoms with E-state index in [1.807, 2.05) is 0 Å². The molecule has 0 bridgehead atoms. The van der Waals surface area contributed by atoms with Gasteiger partial charge in [0.15, 0.2) is 0 Å². The second kappa shape index (κ2) is 9.00. The highest BCUT2D eigenvalue weighted by molar-refractivity contribution is 7.88. The third-order valence-electron chi connectivity index (χ3n) is 6.07. The number of halogens is 5. The number of anilines is 1. The number of nitrogens with zero attached hydrogens (tertiary/aromatic N) is 7. The lowest BCUT2D eigenvalue weighted by Crippen LogP contribution is -2.55. The van der Waals surface area contributed by atoms with Crippen LogP contribution in [0.5, 0.6) is 5.88 Å². The molecule has 11 nitrogen and oxygen atoms in total. The molecule has 0 unspecified atom stereocenters. The minimum absolute atomic E-state index is 0.000438. The van der Waals surface area contributed by atoms with Crippen LogP contribution in [-0.2, 0) is 16.6 Å². The minimum atomic E-state index is -4.56. The number of nitrogens with one attached hydrogen (secondary N) is 1. The van der Waals surface area contributed by atoms with Crippen LogP contribution >= 0.6 is 0 Å². The third kappa shape index (κ3) is 4.94. The summed E-state index contributed by atoms with van der Waals surface area (Å²) in [6.07, 6.45) is -2.67. The number of piperidine rings is 1. The van der Waals surface area contributed by atoms with Crippen molar-refractivity contribution in [3.8, 4) is 17.0 Å². The summed E-state index contributed by atoms with van der Waals surface area (Å²) in [5.41, 5.74) is 0.833. The maximum absolute atomic E-state index is 14.8. The van der Waals surface area contributed by atoms with Crippen LogP contribution in [0.3, 0.4) is 0 Å². The molecule has 1 atom stereocenters. The van der Waals surface area contributed by atoms with Crippen molar-refractivity contribution in [1.82, 2.24) is 33.9 Å². The van der Waals surface area contributed by atoms with Gasteiger partial charge in [-0.1, -0.05) is 11.3 Å². The van der Waals surface area contributed by atoms with Gasteiger partial charge in [-0.25, -0.2) is 26.4 Å². The molecular formula is C21H21F5N8O3S. The Morgan fingerprint density at radius 1 is 1.29 bits per heavy atom. The first-order valence-electron chi connectivity index (χ1n) is 12.5. The van der Waals surface area contributed by atoms with Gasteiger partial charge in [0.2, 0.25) is 21.9 Å². The van der Waals surface area contributed by atoms with E-state index >= 15 is 0 Å². The zero-order valence-electron chi connectivity index (χ0n) is 22.4. The van der Waals surface area contributed by atoms with E-state index in [0.29, 0.717) is 14.6 Å². The summed E-state index contributed by atoms with van der Waals surface area (Å²) in [5.74, 6) is -4.45. The molecule has 3 aromatic heterocycles. The van der Waals surface area contributed by atoms with E-state index in [1.54, 1.807) is 0 Å². The number of alkyl halides is 5. The summed E-state index contributed by atoms with van der Waals surface area (Å²) >= 11 is 0. The Morgan fingerprint density at radius 3 is 2.76 bits per heavy atom. The highest BCUT2D eigenvalue weighted by Crippen LogP contribution is 2.35. The topological polar surface area (TPSA) is 120 Å². The summed E-state index contributed by atoms with van der Waals surface area (Å²) in [7, 11) is -6.87. The van der Waals surface area contributed by atoms with Gasteiger partial charge in [-0.05, 0) is 30.2 Å². The molecule has 38 heavy (non-hydrogen) atoms. The van der Waals surface area contributed by atoms with Gasteiger partial charge in [0.25, 0.3) is 5.92 Å². The first-order chi connectivity index (χ1) is 18.9. The lowest BCUT2D eigenvalue weighted by atomic mass is 10.0. The van der Waals surface area contributed by atoms with Crippen LogP contribution in [0.25, 0.3) is 27.7 Å². The van der Waals surface area contributed by atoms with Crippen molar-refractivity contribution in [2.24, 2.45) is 0 Å². The minimum Gasteiger partial charge on any atom is -0.479 e. The molecular weight excluding hydrogens is 539 g/mol. The molecule has 1 aliphatic rings. The van der Waals surface area contributed by atoms with Gasteiger partial charge in [0.05, 0.1) is 35.5 Å². The molecule has 1 N–H and O–H groups in total. The Labute approximate surface area is 216 Å². The normalized spacial score (nSPS) is 20.3. The van der Waals surface area contributed by atoms with E-state index < -0.39 is 60.1 Å². The van der Waals surface area contributed by atoms with Gasteiger partial charge in [-0.2, -0.15) is 22.5 Å². The van der Waals surface area contributed by atoms with E-state index in [4.69, 9.17) is 8.85 Å². The summed E-state index contributed by atoms with van der Waals surface area (Å²) in [4.78, 5) is 4.02. The molecule has 1 aliphatic heterocycles. The first kappa shape index (κ1) is 22.4. The van der Waals surface area contributed by atoms with Crippen LogP contribution in [0, 0.1) is 0 Å². The van der Waals surface area contributed by atoms with Gasteiger partial charge >= 0.3 is 6.18 Å². The summed E-state index contributed by atoms with van der Waals surface area (Å²) in [5, 5.41) is 13.9. The molecule has 0 spiro atoms. The Balaban J connectivity index is 1.54. The van der Waals surface area contributed by atoms with Crippen molar-refractivity contribution in [2.45, 2.75) is 31.1 Å². The van der Waals surface area contributed by atoms with Crippen molar-refractivity contribution < 1.29 is 39.2 Å². The number of aromatic nitrogens is 6. The second-order valence-corrected chi connectivity index (χ2v) is 10.8. The number of methoxy groups -OCH3 is 1. The Bertz CT molecular complexity index is 1720. The van der Waals surface area contributed by atoms with Crippen molar-refractivity contribution in [1.29, 1.82) is 0 Å². The lowest BCUT2D eigenvalue weighted by Gasteiger charge is -2.37. The molecule has 1 saturated heterocycles. The average Bonchev–Trinajstić information content (AvgIpc) is 3.41. The van der Waals surface area contributed by atoms with Crippen LogP contribution < -0.4 is 10.1 Å². The van der Waals surface area contributed by atoms with Gasteiger partial charge in [-0.3, -0.25) is 0 Å². The molecule has 0 amide bonds. The molecule has 204 valence electrons. The second-order valence-electron chi connectivity index (χ2n) is 8.77. The molecule has 5 rings (SSSR count). The zero-order chi connectivity index (χ0) is 30.0. The monoisotopic (exact) mass is 563 g/mol. The number of fused-ring (bicyclic) bond motifs is 2. The van der Waals surface area contributed by atoms with Gasteiger partial charge in [-0.15, -0.1) is 10.2 Å². The van der Waals surface area contributed by atoms with E-state index in [9.17, 15) is 30.4 Å². The van der Waals surface area contributed by atoms with E-state index in [2.05, 4.69) is 25.7 Å². The van der Waals surface area contributed by atoms with E-state index in [0.717, 1.165) is 10.8 Å². The fourth-order valence-corrected chi connectivity index (χ4v) is 5.15. The van der Waals surface area contributed by atoms with Crippen molar-refractivity contribution in [2.75, 3.05) is 31.7 Å². The molecule has 1 fully saturated rings. The Kier molecular flexibility index (Phi) is 5.31. The highest BCUT2D eigenvalue weighted by atomic mass is 32.2. The fraction of sp³-hybridized carbons (Fsp3) is 0.429. The third-order valence-corrected chi connectivity index (χ3v) is 7.32. The molecule has 0 radical (unpaired) electrons. The standard InChI is InChI=1S/C21H21F5N8O3S/c1-37-18-17-13(12-3-4-14-15(9-12)34(31-29-14)11-21(24,25)26)5-8-33(17)30-19(28-18)27-16-6-7-32(38(2,35)36)10-20(16,22)23/h3-5,8-9,16H,6-7,10-11H2,1-2H3,(H,27,30)/t16-/m1/s1/i1D3. The van der Waals surface area contributed by atoms with Gasteiger partial charge < -0.3 is 10.1 Å². The van der Waals surface area contributed by atoms with Crippen LogP contribution in [0.2, 0.25) is 0 Å². The summed E-state index contributed by atoms with van der Waals surface area (Å²) < 4.78 is 122. The number of hydrogen-bond acceptors (Lipinski definition) is 8. The predicted octanol–water partition coefficient (Wildman–Crippen LogP) is 2.79. The van der Waals surface area contributed by atoms with E-state index in [1.165, 1.54) is 30.5 Å². The van der Waals surface area contributed by atoms with Crippen molar-refractivity contribution in [3.63, 3.8) is 0 Å². The van der Waals surface area contributed by atoms with Crippen LogP contribution in [0.4, 0.5) is 27.9 Å². The molecule has 4 heterocycles. The number of sulfonamides is 1. The molecule has 1 aromatic carbocycles. The lowest BCUT2D eigenvalue weighted by molar-refractivity contribution is -0.142. The zero-order valence-corrected chi connectivity index (χ0v) is 20.3. The smallest absolute Gasteiger partial charge is 0.408 e.